The number of ether oxygens (including phenoxy) is 1. The van der Waals surface area contributed by atoms with Gasteiger partial charge in [0.05, 0.1) is 7.11 Å². The van der Waals surface area contributed by atoms with Crippen molar-refractivity contribution in [2.75, 3.05) is 13.7 Å². The van der Waals surface area contributed by atoms with E-state index in [1.807, 2.05) is 12.1 Å². The Kier molecular flexibility index (Phi) is 8.83. The molecule has 0 fully saturated rings. The zero-order chi connectivity index (χ0) is 19.6. The van der Waals surface area contributed by atoms with Crippen molar-refractivity contribution in [2.24, 2.45) is 5.92 Å². The van der Waals surface area contributed by atoms with Gasteiger partial charge < -0.3 is 15.4 Å². The van der Waals surface area contributed by atoms with Gasteiger partial charge in [0.25, 0.3) is 0 Å². The minimum Gasteiger partial charge on any atom is -0.497 e. The van der Waals surface area contributed by atoms with E-state index in [-0.39, 0.29) is 0 Å². The molecule has 2 rings (SSSR count). The normalized spacial score (nSPS) is 12.6. The Labute approximate surface area is 165 Å². The number of benzene rings is 2. The Balaban J connectivity index is 1.82. The number of rotatable bonds is 11. The summed E-state index contributed by atoms with van der Waals surface area (Å²) in [6, 6.07) is 17.7. The van der Waals surface area contributed by atoms with E-state index < -0.39 is 0 Å². The molecule has 3 heteroatoms. The van der Waals surface area contributed by atoms with Gasteiger partial charge in [-0.15, -0.1) is 0 Å². The van der Waals surface area contributed by atoms with Crippen molar-refractivity contribution < 1.29 is 4.74 Å². The minimum absolute atomic E-state index is 0.466. The summed E-state index contributed by atoms with van der Waals surface area (Å²) in [5.41, 5.74) is 4.03. The van der Waals surface area contributed by atoms with Crippen molar-refractivity contribution in [2.45, 2.75) is 59.2 Å². The van der Waals surface area contributed by atoms with Gasteiger partial charge in [0, 0.05) is 25.7 Å². The first-order chi connectivity index (χ1) is 13.0. The molecule has 0 aliphatic heterocycles. The first-order valence-corrected chi connectivity index (χ1v) is 10.1. The van der Waals surface area contributed by atoms with Crippen molar-refractivity contribution in [1.82, 2.24) is 10.6 Å². The molecular weight excluding hydrogens is 332 g/mol. The van der Waals surface area contributed by atoms with Crippen LogP contribution in [0.3, 0.4) is 0 Å². The third kappa shape index (κ3) is 7.74. The van der Waals surface area contributed by atoms with Crippen molar-refractivity contribution in [3.05, 3.63) is 65.2 Å². The standard InChI is InChI=1S/C24H36N2O/c1-18(2)14-23(17-25-15-20-8-12-24(27-5)13-9-20)26-16-21-6-10-22(11-7-21)19(3)4/h6-13,18-19,23,25-26H,14-17H2,1-5H3. The van der Waals surface area contributed by atoms with Crippen LogP contribution in [0.4, 0.5) is 0 Å². The molecule has 1 unspecified atom stereocenters. The van der Waals surface area contributed by atoms with Gasteiger partial charge >= 0.3 is 0 Å². The van der Waals surface area contributed by atoms with E-state index in [2.05, 4.69) is 74.7 Å². The van der Waals surface area contributed by atoms with Crippen LogP contribution in [0.5, 0.6) is 5.75 Å². The van der Waals surface area contributed by atoms with E-state index >= 15 is 0 Å². The fourth-order valence-electron chi connectivity index (χ4n) is 3.22. The lowest BCUT2D eigenvalue weighted by atomic mass is 10.0. The van der Waals surface area contributed by atoms with Crippen LogP contribution in [-0.2, 0) is 13.1 Å². The monoisotopic (exact) mass is 368 g/mol. The van der Waals surface area contributed by atoms with Crippen LogP contribution < -0.4 is 15.4 Å². The second-order valence-electron chi connectivity index (χ2n) is 8.08. The highest BCUT2D eigenvalue weighted by Gasteiger charge is 2.10. The summed E-state index contributed by atoms with van der Waals surface area (Å²) in [6.45, 7) is 11.8. The van der Waals surface area contributed by atoms with Crippen molar-refractivity contribution in [1.29, 1.82) is 0 Å². The van der Waals surface area contributed by atoms with E-state index in [0.29, 0.717) is 17.9 Å². The summed E-state index contributed by atoms with van der Waals surface area (Å²) in [5.74, 6) is 2.16. The second-order valence-corrected chi connectivity index (χ2v) is 8.08. The third-order valence-electron chi connectivity index (χ3n) is 4.88. The summed E-state index contributed by atoms with van der Waals surface area (Å²) in [6.07, 6.45) is 1.17. The van der Waals surface area contributed by atoms with Gasteiger partial charge in [0.2, 0.25) is 0 Å². The molecule has 0 saturated carbocycles. The van der Waals surface area contributed by atoms with Crippen LogP contribution in [0.15, 0.2) is 48.5 Å². The van der Waals surface area contributed by atoms with Crippen LogP contribution >= 0.6 is 0 Å². The molecule has 0 amide bonds. The Hall–Kier alpha value is -1.84. The fourth-order valence-corrected chi connectivity index (χ4v) is 3.22. The molecule has 0 spiro atoms. The molecule has 2 N–H and O–H groups in total. The highest BCUT2D eigenvalue weighted by Crippen LogP contribution is 2.15. The van der Waals surface area contributed by atoms with E-state index in [1.54, 1.807) is 7.11 Å². The Morgan fingerprint density at radius 2 is 1.41 bits per heavy atom. The average molecular weight is 369 g/mol. The zero-order valence-electron chi connectivity index (χ0n) is 17.6. The van der Waals surface area contributed by atoms with Gasteiger partial charge in [-0.25, -0.2) is 0 Å². The van der Waals surface area contributed by atoms with E-state index in [4.69, 9.17) is 4.74 Å². The average Bonchev–Trinajstić information content (AvgIpc) is 2.66. The van der Waals surface area contributed by atoms with Crippen LogP contribution in [0.1, 0.15) is 56.7 Å². The van der Waals surface area contributed by atoms with Gasteiger partial charge in [0.15, 0.2) is 0 Å². The van der Waals surface area contributed by atoms with Crippen molar-refractivity contribution >= 4 is 0 Å². The lowest BCUT2D eigenvalue weighted by molar-refractivity contribution is 0.396. The maximum absolute atomic E-state index is 5.22. The molecule has 0 aliphatic rings. The Bertz CT molecular complexity index is 647. The van der Waals surface area contributed by atoms with Gasteiger partial charge in [-0.3, -0.25) is 0 Å². The summed E-state index contributed by atoms with van der Waals surface area (Å²) in [4.78, 5) is 0. The summed E-state index contributed by atoms with van der Waals surface area (Å²) in [5, 5.41) is 7.34. The first-order valence-electron chi connectivity index (χ1n) is 10.1. The van der Waals surface area contributed by atoms with Gasteiger partial charge in [-0.2, -0.15) is 0 Å². The van der Waals surface area contributed by atoms with Gasteiger partial charge in [0.1, 0.15) is 5.75 Å². The maximum atomic E-state index is 5.22. The maximum Gasteiger partial charge on any atom is 0.118 e. The summed E-state index contributed by atoms with van der Waals surface area (Å²) >= 11 is 0. The number of methoxy groups -OCH3 is 1. The highest BCUT2D eigenvalue weighted by molar-refractivity contribution is 5.27. The highest BCUT2D eigenvalue weighted by atomic mass is 16.5. The summed E-state index contributed by atoms with van der Waals surface area (Å²) < 4.78 is 5.22. The Morgan fingerprint density at radius 1 is 0.815 bits per heavy atom. The molecule has 1 atom stereocenters. The SMILES string of the molecule is COc1ccc(CNCC(CC(C)C)NCc2ccc(C(C)C)cc2)cc1. The smallest absolute Gasteiger partial charge is 0.118 e. The molecular formula is C24H36N2O. The predicted octanol–water partition coefficient (Wildman–Crippen LogP) is 5.11. The molecule has 0 aliphatic carbocycles. The zero-order valence-corrected chi connectivity index (χ0v) is 17.6. The fraction of sp³-hybridized carbons (Fsp3) is 0.500. The predicted molar refractivity (Wildman–Crippen MR) is 115 cm³/mol. The lowest BCUT2D eigenvalue weighted by Crippen LogP contribution is -2.39. The van der Waals surface area contributed by atoms with Crippen molar-refractivity contribution in [3.8, 4) is 5.75 Å². The van der Waals surface area contributed by atoms with E-state index in [1.165, 1.54) is 23.1 Å². The lowest BCUT2D eigenvalue weighted by Gasteiger charge is -2.22. The largest absolute Gasteiger partial charge is 0.497 e. The number of hydrogen-bond donors (Lipinski definition) is 2. The molecule has 0 aromatic heterocycles. The topological polar surface area (TPSA) is 33.3 Å². The van der Waals surface area contributed by atoms with Crippen LogP contribution in [-0.4, -0.2) is 19.7 Å². The van der Waals surface area contributed by atoms with E-state index in [9.17, 15) is 0 Å². The second kappa shape index (κ2) is 11.1. The first kappa shape index (κ1) is 21.5. The minimum atomic E-state index is 0.466. The molecule has 2 aromatic rings. The quantitative estimate of drug-likeness (QED) is 0.578. The molecule has 2 aromatic carbocycles. The van der Waals surface area contributed by atoms with Crippen LogP contribution in [0.2, 0.25) is 0 Å². The van der Waals surface area contributed by atoms with E-state index in [0.717, 1.165) is 25.4 Å². The van der Waals surface area contributed by atoms with Gasteiger partial charge in [-0.05, 0) is 47.1 Å². The molecule has 27 heavy (non-hydrogen) atoms. The van der Waals surface area contributed by atoms with Crippen molar-refractivity contribution in [3.63, 3.8) is 0 Å². The molecule has 3 nitrogen and oxygen atoms in total. The molecule has 0 radical (unpaired) electrons. The third-order valence-corrected chi connectivity index (χ3v) is 4.88. The number of nitrogens with one attached hydrogen (secondary N) is 2. The van der Waals surface area contributed by atoms with Crippen LogP contribution in [0, 0.1) is 5.92 Å². The summed E-state index contributed by atoms with van der Waals surface area (Å²) in [7, 11) is 1.70. The molecule has 0 bridgehead atoms. The molecule has 0 saturated heterocycles. The van der Waals surface area contributed by atoms with Gasteiger partial charge in [-0.1, -0.05) is 64.1 Å². The molecule has 148 valence electrons. The van der Waals surface area contributed by atoms with Crippen LogP contribution in [0.25, 0.3) is 0 Å². The molecule has 0 heterocycles. The Morgan fingerprint density at radius 3 is 1.96 bits per heavy atom. The number of hydrogen-bond acceptors (Lipinski definition) is 3.